The maximum absolute atomic E-state index is 12.0. The number of rotatable bonds is 8. The van der Waals surface area contributed by atoms with E-state index in [-0.39, 0.29) is 24.5 Å². The maximum atomic E-state index is 12.0. The molecule has 0 saturated heterocycles. The highest BCUT2D eigenvalue weighted by molar-refractivity contribution is 5.98. The van der Waals surface area contributed by atoms with Gasteiger partial charge in [0.25, 0.3) is 0 Å². The molecule has 0 aliphatic heterocycles. The number of carboxylic acid groups (broad SMARTS) is 1. The van der Waals surface area contributed by atoms with Gasteiger partial charge in [-0.05, 0) is 30.2 Å². The third-order valence-corrected chi connectivity index (χ3v) is 3.24. The normalized spacial score (nSPS) is 11.8. The van der Waals surface area contributed by atoms with Crippen molar-refractivity contribution in [1.29, 1.82) is 0 Å². The summed E-state index contributed by atoms with van der Waals surface area (Å²) in [5.41, 5.74) is 0.493. The van der Waals surface area contributed by atoms with Crippen molar-refractivity contribution in [2.24, 2.45) is 5.92 Å². The summed E-state index contributed by atoms with van der Waals surface area (Å²) in [7, 11) is 1.54. The summed E-state index contributed by atoms with van der Waals surface area (Å²) in [5.74, 6) is -1.27. The monoisotopic (exact) mass is 307 g/mol. The predicted molar refractivity (Wildman–Crippen MR) is 81.0 cm³/mol. The minimum Gasteiger partial charge on any atom is -0.497 e. The van der Waals surface area contributed by atoms with E-state index in [1.54, 1.807) is 38.1 Å². The van der Waals surface area contributed by atoms with Crippen LogP contribution >= 0.6 is 0 Å². The second kappa shape index (κ2) is 8.17. The Hall–Kier alpha value is -2.37. The minimum absolute atomic E-state index is 0.0304. The summed E-state index contributed by atoms with van der Waals surface area (Å²) in [6, 6.07) is 5.67. The number of amides is 1. The van der Waals surface area contributed by atoms with E-state index in [9.17, 15) is 14.4 Å². The Balaban J connectivity index is 2.52. The van der Waals surface area contributed by atoms with E-state index in [2.05, 4.69) is 5.32 Å². The zero-order valence-electron chi connectivity index (χ0n) is 13.0. The average molecular weight is 307 g/mol. The molecule has 2 N–H and O–H groups in total. The smallest absolute Gasteiger partial charge is 0.326 e. The number of carboxylic acids is 1. The molecule has 0 radical (unpaired) electrons. The van der Waals surface area contributed by atoms with E-state index in [0.29, 0.717) is 11.3 Å². The Kier molecular flexibility index (Phi) is 6.56. The lowest BCUT2D eigenvalue weighted by Crippen LogP contribution is -2.44. The van der Waals surface area contributed by atoms with Crippen LogP contribution in [0.4, 0.5) is 0 Å². The molecule has 6 heteroatoms. The van der Waals surface area contributed by atoms with E-state index in [4.69, 9.17) is 9.84 Å². The summed E-state index contributed by atoms with van der Waals surface area (Å²) in [4.78, 5) is 34.7. The first-order chi connectivity index (χ1) is 10.3. The van der Waals surface area contributed by atoms with Crippen molar-refractivity contribution in [3.63, 3.8) is 0 Å². The standard InChI is InChI=1S/C16H21NO5/c1-10(2)15(16(20)21)17-14(19)9-8-13(18)11-4-6-12(22-3)7-5-11/h4-7,10,15H,8-9H2,1-3H3,(H,17,19)(H,20,21). The van der Waals surface area contributed by atoms with Crippen LogP contribution in [0.3, 0.4) is 0 Å². The van der Waals surface area contributed by atoms with Crippen LogP contribution in [0, 0.1) is 5.92 Å². The number of ether oxygens (including phenoxy) is 1. The molecule has 0 bridgehead atoms. The predicted octanol–water partition coefficient (Wildman–Crippen LogP) is 1.88. The Morgan fingerprint density at radius 1 is 1.14 bits per heavy atom. The summed E-state index contributed by atoms with van der Waals surface area (Å²) in [5, 5.41) is 11.4. The van der Waals surface area contributed by atoms with Crippen LogP contribution in [-0.2, 0) is 9.59 Å². The van der Waals surface area contributed by atoms with E-state index >= 15 is 0 Å². The summed E-state index contributed by atoms with van der Waals surface area (Å²) in [6.45, 7) is 3.42. The van der Waals surface area contributed by atoms with Crippen LogP contribution in [0.5, 0.6) is 5.75 Å². The fraction of sp³-hybridized carbons (Fsp3) is 0.438. The van der Waals surface area contributed by atoms with E-state index in [1.807, 2.05) is 0 Å². The quantitative estimate of drug-likeness (QED) is 0.715. The van der Waals surface area contributed by atoms with Crippen molar-refractivity contribution in [3.8, 4) is 5.75 Å². The largest absolute Gasteiger partial charge is 0.497 e. The lowest BCUT2D eigenvalue weighted by molar-refractivity contribution is -0.143. The molecule has 1 amide bonds. The zero-order valence-corrected chi connectivity index (χ0v) is 13.0. The molecule has 1 unspecified atom stereocenters. The number of carbonyl (C=O) groups is 3. The van der Waals surface area contributed by atoms with Gasteiger partial charge in [0.1, 0.15) is 11.8 Å². The minimum atomic E-state index is -1.08. The zero-order chi connectivity index (χ0) is 16.7. The number of nitrogens with one attached hydrogen (secondary N) is 1. The first kappa shape index (κ1) is 17.7. The van der Waals surface area contributed by atoms with Crippen molar-refractivity contribution < 1.29 is 24.2 Å². The molecule has 6 nitrogen and oxygen atoms in total. The van der Waals surface area contributed by atoms with Gasteiger partial charge in [0.05, 0.1) is 7.11 Å². The summed E-state index contributed by atoms with van der Waals surface area (Å²) in [6.07, 6.45) is -0.00996. The number of aliphatic carboxylic acids is 1. The molecule has 22 heavy (non-hydrogen) atoms. The molecule has 120 valence electrons. The summed E-state index contributed by atoms with van der Waals surface area (Å²) >= 11 is 0. The molecule has 1 aromatic rings. The number of ketones is 1. The van der Waals surface area contributed by atoms with Gasteiger partial charge in [-0.15, -0.1) is 0 Å². The van der Waals surface area contributed by atoms with Gasteiger partial charge in [-0.2, -0.15) is 0 Å². The molecule has 0 aliphatic rings. The fourth-order valence-corrected chi connectivity index (χ4v) is 1.91. The van der Waals surface area contributed by atoms with Gasteiger partial charge in [-0.25, -0.2) is 4.79 Å². The first-order valence-electron chi connectivity index (χ1n) is 7.04. The van der Waals surface area contributed by atoms with Crippen LogP contribution < -0.4 is 10.1 Å². The van der Waals surface area contributed by atoms with Crippen molar-refractivity contribution in [2.45, 2.75) is 32.7 Å². The average Bonchev–Trinajstić information content (AvgIpc) is 2.49. The van der Waals surface area contributed by atoms with E-state index in [1.165, 1.54) is 7.11 Å². The van der Waals surface area contributed by atoms with Gasteiger partial charge >= 0.3 is 5.97 Å². The Morgan fingerprint density at radius 3 is 2.18 bits per heavy atom. The summed E-state index contributed by atoms with van der Waals surface area (Å²) < 4.78 is 5.00. The fourth-order valence-electron chi connectivity index (χ4n) is 1.91. The molecule has 0 heterocycles. The molecule has 1 aromatic carbocycles. The van der Waals surface area contributed by atoms with Crippen molar-refractivity contribution >= 4 is 17.7 Å². The van der Waals surface area contributed by atoms with Gasteiger partial charge in [0.2, 0.25) is 5.91 Å². The molecule has 0 saturated carbocycles. The SMILES string of the molecule is COc1ccc(C(=O)CCC(=O)NC(C(=O)O)C(C)C)cc1. The van der Waals surface area contributed by atoms with Crippen LogP contribution in [0.15, 0.2) is 24.3 Å². The highest BCUT2D eigenvalue weighted by Gasteiger charge is 2.23. The number of hydrogen-bond donors (Lipinski definition) is 2. The molecule has 0 fully saturated rings. The van der Waals surface area contributed by atoms with Gasteiger partial charge < -0.3 is 15.2 Å². The molecule has 0 aromatic heterocycles. The highest BCUT2D eigenvalue weighted by atomic mass is 16.5. The van der Waals surface area contributed by atoms with Crippen molar-refractivity contribution in [1.82, 2.24) is 5.32 Å². The molecular weight excluding hydrogens is 286 g/mol. The first-order valence-corrected chi connectivity index (χ1v) is 7.04. The number of methoxy groups -OCH3 is 1. The van der Waals surface area contributed by atoms with Crippen LogP contribution in [-0.4, -0.2) is 35.9 Å². The topological polar surface area (TPSA) is 92.7 Å². The molecule has 0 aliphatic carbocycles. The van der Waals surface area contributed by atoms with Crippen molar-refractivity contribution in [3.05, 3.63) is 29.8 Å². The Morgan fingerprint density at radius 2 is 1.73 bits per heavy atom. The Bertz CT molecular complexity index is 536. The lowest BCUT2D eigenvalue weighted by atomic mass is 10.0. The number of carbonyl (C=O) groups excluding carboxylic acids is 2. The molecule has 1 atom stereocenters. The number of Topliss-reactive ketones (excluding diaryl/α,β-unsaturated/α-hetero) is 1. The Labute approximate surface area is 129 Å². The van der Waals surface area contributed by atoms with Gasteiger partial charge in [0, 0.05) is 18.4 Å². The second-order valence-corrected chi connectivity index (χ2v) is 5.28. The molecule has 0 spiro atoms. The van der Waals surface area contributed by atoms with Crippen LogP contribution in [0.1, 0.15) is 37.0 Å². The van der Waals surface area contributed by atoms with Crippen molar-refractivity contribution in [2.75, 3.05) is 7.11 Å². The second-order valence-electron chi connectivity index (χ2n) is 5.28. The number of hydrogen-bond acceptors (Lipinski definition) is 4. The third kappa shape index (κ3) is 5.20. The van der Waals surface area contributed by atoms with E-state index < -0.39 is 17.9 Å². The van der Waals surface area contributed by atoms with Crippen LogP contribution in [0.25, 0.3) is 0 Å². The van der Waals surface area contributed by atoms with Gasteiger partial charge in [-0.1, -0.05) is 13.8 Å². The highest BCUT2D eigenvalue weighted by Crippen LogP contribution is 2.13. The molecular formula is C16H21NO5. The lowest BCUT2D eigenvalue weighted by Gasteiger charge is -2.17. The van der Waals surface area contributed by atoms with Gasteiger partial charge in [0.15, 0.2) is 5.78 Å². The van der Waals surface area contributed by atoms with Gasteiger partial charge in [-0.3, -0.25) is 9.59 Å². The molecule has 1 rings (SSSR count). The maximum Gasteiger partial charge on any atom is 0.326 e. The van der Waals surface area contributed by atoms with E-state index in [0.717, 1.165) is 0 Å². The third-order valence-electron chi connectivity index (χ3n) is 3.24. The number of benzene rings is 1. The van der Waals surface area contributed by atoms with Crippen LogP contribution in [0.2, 0.25) is 0 Å².